The smallest absolute Gasteiger partial charge is 0.0163 e. The zero-order chi connectivity index (χ0) is 7.82. The van der Waals surface area contributed by atoms with Crippen LogP contribution in [-0.4, -0.2) is 25.0 Å². The van der Waals surface area contributed by atoms with Crippen LogP contribution in [0.15, 0.2) is 24.3 Å². The van der Waals surface area contributed by atoms with E-state index in [0.717, 1.165) is 21.7 Å². The van der Waals surface area contributed by atoms with Crippen LogP contribution in [-0.2, 0) is 0 Å². The molecule has 0 aromatic heterocycles. The lowest BCUT2D eigenvalue weighted by atomic mass is 10.5. The van der Waals surface area contributed by atoms with Crippen molar-refractivity contribution in [1.29, 1.82) is 0 Å². The summed E-state index contributed by atoms with van der Waals surface area (Å²) < 4.78 is 0. The van der Waals surface area contributed by atoms with Crippen LogP contribution in [0.3, 0.4) is 0 Å². The second-order valence-corrected chi connectivity index (χ2v) is 3.20. The van der Waals surface area contributed by atoms with Gasteiger partial charge in [-0.2, -0.15) is 0 Å². The summed E-state index contributed by atoms with van der Waals surface area (Å²) in [5.41, 5.74) is 0. The van der Waals surface area contributed by atoms with Crippen LogP contribution in [0.5, 0.6) is 0 Å². The molecule has 0 bridgehead atoms. The summed E-state index contributed by atoms with van der Waals surface area (Å²) in [4.78, 5) is 2.25. The summed E-state index contributed by atoms with van der Waals surface area (Å²) in [5, 5.41) is 0. The fraction of sp³-hybridized carbons (Fsp3) is 0.500. The van der Waals surface area contributed by atoms with Crippen molar-refractivity contribution < 1.29 is 0 Å². The van der Waals surface area contributed by atoms with Gasteiger partial charge in [-0.25, -0.2) is 0 Å². The molecule has 0 spiro atoms. The Kier molecular flexibility index (Phi) is 6.89. The van der Waals surface area contributed by atoms with E-state index in [-0.39, 0.29) is 0 Å². The van der Waals surface area contributed by atoms with Crippen molar-refractivity contribution in [2.45, 2.75) is 6.92 Å². The predicted octanol–water partition coefficient (Wildman–Crippen LogP) is 2.27. The van der Waals surface area contributed by atoms with E-state index in [1.54, 1.807) is 0 Å². The standard InChI is InChI=1S/C8H16NP/c1-4-9(3)7-6-8-10-5-2/h5-6,8,10H,2,4,7H2,1,3H3/b8-6+. The van der Waals surface area contributed by atoms with Crippen molar-refractivity contribution in [3.05, 3.63) is 24.3 Å². The molecular weight excluding hydrogens is 141 g/mol. The van der Waals surface area contributed by atoms with Crippen LogP contribution in [0.4, 0.5) is 0 Å². The van der Waals surface area contributed by atoms with Crippen LogP contribution in [0.25, 0.3) is 0 Å². The van der Waals surface area contributed by atoms with E-state index >= 15 is 0 Å². The molecule has 1 nitrogen and oxygen atoms in total. The summed E-state index contributed by atoms with van der Waals surface area (Å²) in [6.07, 6.45) is 2.18. The monoisotopic (exact) mass is 157 g/mol. The Bertz CT molecular complexity index is 110. The highest BCUT2D eigenvalue weighted by Crippen LogP contribution is 2.10. The Balaban J connectivity index is 3.24. The van der Waals surface area contributed by atoms with Gasteiger partial charge >= 0.3 is 0 Å². The van der Waals surface area contributed by atoms with E-state index in [0.29, 0.717) is 0 Å². The fourth-order valence-electron chi connectivity index (χ4n) is 0.498. The van der Waals surface area contributed by atoms with Gasteiger partial charge in [-0.1, -0.05) is 39.8 Å². The van der Waals surface area contributed by atoms with E-state index in [2.05, 4.69) is 37.3 Å². The maximum absolute atomic E-state index is 3.64. The summed E-state index contributed by atoms with van der Waals surface area (Å²) in [7, 11) is 2.88. The van der Waals surface area contributed by atoms with Crippen LogP contribution >= 0.6 is 8.58 Å². The molecule has 0 radical (unpaired) electrons. The number of hydrogen-bond donors (Lipinski definition) is 0. The zero-order valence-electron chi connectivity index (χ0n) is 6.80. The van der Waals surface area contributed by atoms with Gasteiger partial charge in [0.25, 0.3) is 0 Å². The number of likely N-dealkylation sites (N-methyl/N-ethyl adjacent to an activating group) is 1. The van der Waals surface area contributed by atoms with Crippen molar-refractivity contribution in [2.24, 2.45) is 0 Å². The molecule has 0 saturated carbocycles. The highest BCUT2D eigenvalue weighted by Gasteiger charge is 1.85. The van der Waals surface area contributed by atoms with E-state index in [9.17, 15) is 0 Å². The van der Waals surface area contributed by atoms with Gasteiger partial charge in [-0.05, 0) is 13.6 Å². The minimum absolute atomic E-state index is 0.772. The molecule has 0 aliphatic heterocycles. The lowest BCUT2D eigenvalue weighted by Gasteiger charge is -2.08. The lowest BCUT2D eigenvalue weighted by molar-refractivity contribution is 0.392. The van der Waals surface area contributed by atoms with E-state index < -0.39 is 0 Å². The molecule has 58 valence electrons. The molecule has 0 amide bonds. The third kappa shape index (κ3) is 6.00. The van der Waals surface area contributed by atoms with Gasteiger partial charge in [0.05, 0.1) is 0 Å². The van der Waals surface area contributed by atoms with E-state index in [4.69, 9.17) is 0 Å². The lowest BCUT2D eigenvalue weighted by Crippen LogP contribution is -2.16. The van der Waals surface area contributed by atoms with Crippen LogP contribution in [0.1, 0.15) is 6.92 Å². The van der Waals surface area contributed by atoms with Gasteiger partial charge in [-0.15, -0.1) is 0 Å². The van der Waals surface area contributed by atoms with Gasteiger partial charge < -0.3 is 4.90 Å². The molecule has 0 heterocycles. The van der Waals surface area contributed by atoms with Crippen LogP contribution in [0.2, 0.25) is 0 Å². The first-order chi connectivity index (χ1) is 4.81. The Labute approximate surface area is 65.6 Å². The van der Waals surface area contributed by atoms with E-state index in [1.165, 1.54) is 0 Å². The molecule has 0 saturated heterocycles. The quantitative estimate of drug-likeness (QED) is 0.553. The molecule has 2 heteroatoms. The number of hydrogen-bond acceptors (Lipinski definition) is 1. The van der Waals surface area contributed by atoms with Crippen molar-refractivity contribution in [3.63, 3.8) is 0 Å². The van der Waals surface area contributed by atoms with Gasteiger partial charge in [0.15, 0.2) is 0 Å². The highest BCUT2D eigenvalue weighted by atomic mass is 31.1. The van der Waals surface area contributed by atoms with Crippen molar-refractivity contribution in [2.75, 3.05) is 20.1 Å². The minimum Gasteiger partial charge on any atom is -0.303 e. The topological polar surface area (TPSA) is 3.24 Å². The van der Waals surface area contributed by atoms with Crippen molar-refractivity contribution in [1.82, 2.24) is 4.90 Å². The molecule has 10 heavy (non-hydrogen) atoms. The molecule has 1 unspecified atom stereocenters. The van der Waals surface area contributed by atoms with Crippen LogP contribution < -0.4 is 0 Å². The average Bonchev–Trinajstić information content (AvgIpc) is 1.98. The summed E-state index contributed by atoms with van der Waals surface area (Å²) in [5.74, 6) is 4.10. The first kappa shape index (κ1) is 9.87. The SMILES string of the molecule is C=CP/C=C/CN(C)CC. The van der Waals surface area contributed by atoms with Crippen molar-refractivity contribution >= 4 is 8.58 Å². The van der Waals surface area contributed by atoms with Gasteiger partial charge in [0.1, 0.15) is 0 Å². The Morgan fingerprint density at radius 2 is 2.30 bits per heavy atom. The number of nitrogens with zero attached hydrogens (tertiary/aromatic N) is 1. The number of rotatable bonds is 5. The third-order valence-corrected chi connectivity index (χ3v) is 1.95. The molecule has 0 aromatic carbocycles. The summed E-state index contributed by atoms with van der Waals surface area (Å²) in [6, 6.07) is 0. The first-order valence-electron chi connectivity index (χ1n) is 3.51. The van der Waals surface area contributed by atoms with Crippen LogP contribution in [0, 0.1) is 0 Å². The second kappa shape index (κ2) is 6.98. The summed E-state index contributed by atoms with van der Waals surface area (Å²) >= 11 is 0. The predicted molar refractivity (Wildman–Crippen MR) is 50.8 cm³/mol. The maximum Gasteiger partial charge on any atom is 0.0163 e. The Morgan fingerprint density at radius 3 is 2.80 bits per heavy atom. The minimum atomic E-state index is 0.772. The Hall–Kier alpha value is -0.130. The van der Waals surface area contributed by atoms with Gasteiger partial charge in [0.2, 0.25) is 0 Å². The molecule has 0 rings (SSSR count). The maximum atomic E-state index is 3.64. The first-order valence-corrected chi connectivity index (χ1v) is 4.67. The Morgan fingerprint density at radius 1 is 1.60 bits per heavy atom. The molecule has 0 aliphatic carbocycles. The largest absolute Gasteiger partial charge is 0.303 e. The summed E-state index contributed by atoms with van der Waals surface area (Å²) in [6.45, 7) is 7.97. The van der Waals surface area contributed by atoms with Gasteiger partial charge in [-0.3, -0.25) is 0 Å². The second-order valence-electron chi connectivity index (χ2n) is 2.13. The van der Waals surface area contributed by atoms with Gasteiger partial charge in [0, 0.05) is 6.54 Å². The average molecular weight is 157 g/mol. The molecule has 0 aliphatic rings. The third-order valence-electron chi connectivity index (χ3n) is 1.29. The molecule has 1 atom stereocenters. The molecule has 0 aromatic rings. The molecule has 0 fully saturated rings. The van der Waals surface area contributed by atoms with Crippen molar-refractivity contribution in [3.8, 4) is 0 Å². The van der Waals surface area contributed by atoms with E-state index in [1.807, 2.05) is 5.82 Å². The molecular formula is C8H16NP. The highest BCUT2D eigenvalue weighted by molar-refractivity contribution is 7.45. The normalized spacial score (nSPS) is 12.3. The fourth-order valence-corrected chi connectivity index (χ4v) is 0.875. The molecule has 0 N–H and O–H groups in total. The zero-order valence-corrected chi connectivity index (χ0v) is 7.80.